The van der Waals surface area contributed by atoms with Crippen molar-refractivity contribution in [3.8, 4) is 0 Å². The first-order valence-electron chi connectivity index (χ1n) is 1.49. The van der Waals surface area contributed by atoms with Crippen LogP contribution in [0, 0.1) is 0 Å². The minimum absolute atomic E-state index is 0.817. The molecule has 0 spiro atoms. The predicted molar refractivity (Wildman–Crippen MR) is 36.6 cm³/mol. The third-order valence-corrected chi connectivity index (χ3v) is 4.16. The number of hydrogen-bond donors (Lipinski definition) is 2. The van der Waals surface area contributed by atoms with Crippen LogP contribution < -0.4 is 0 Å². The van der Waals surface area contributed by atoms with E-state index in [1.165, 1.54) is 8.93 Å². The molecule has 6 heavy (non-hydrogen) atoms. The van der Waals surface area contributed by atoms with Gasteiger partial charge in [0.05, 0.1) is 0 Å². The van der Waals surface area contributed by atoms with Crippen molar-refractivity contribution in [2.45, 2.75) is 6.92 Å². The monoisotopic (exact) mass is 222 g/mol. The molecule has 0 unspecified atom stereocenters. The van der Waals surface area contributed by atoms with Crippen LogP contribution in [0.25, 0.3) is 0 Å². The summed E-state index contributed by atoms with van der Waals surface area (Å²) in [6.45, 7) is 1.90. The summed E-state index contributed by atoms with van der Waals surface area (Å²) in [5, 5.41) is 0. The van der Waals surface area contributed by atoms with Gasteiger partial charge in [-0.1, -0.05) is 0 Å². The maximum absolute atomic E-state index is 8.23. The Morgan fingerprint density at radius 3 is 2.17 bits per heavy atom. The Kier molecular flexibility index (Phi) is 4.86. The normalized spacial score (nSPS) is 11.5. The van der Waals surface area contributed by atoms with E-state index in [2.05, 4.69) is 0 Å². The van der Waals surface area contributed by atoms with Crippen LogP contribution in [0.15, 0.2) is 0 Å². The predicted octanol–water partition coefficient (Wildman–Crippen LogP) is 0.975. The fourth-order valence-corrected chi connectivity index (χ4v) is 1.96. The second kappa shape index (κ2) is 4.17. The van der Waals surface area contributed by atoms with Crippen molar-refractivity contribution in [2.75, 3.05) is 5.75 Å². The van der Waals surface area contributed by atoms with Gasteiger partial charge in [0.15, 0.2) is 0 Å². The molecule has 0 aliphatic carbocycles. The summed E-state index contributed by atoms with van der Waals surface area (Å²) in [4.78, 5) is 0. The van der Waals surface area contributed by atoms with E-state index in [0.29, 0.717) is 0 Å². The summed E-state index contributed by atoms with van der Waals surface area (Å²) >= 11 is -2.39. The third kappa shape index (κ3) is 5.00. The second-order valence-electron chi connectivity index (χ2n) is 0.611. The molecule has 0 rings (SSSR count). The molecule has 0 aliphatic heterocycles. The molecule has 40 valence electrons. The fourth-order valence-electron chi connectivity index (χ4n) is 0.0976. The summed E-state index contributed by atoms with van der Waals surface area (Å²) in [6, 6.07) is 0. The molecule has 0 aliphatic rings. The molecule has 0 aromatic carbocycles. The average Bonchev–Trinajstić information content (AvgIpc) is 1.35. The van der Waals surface area contributed by atoms with Crippen LogP contribution in [0.4, 0.5) is 0 Å². The van der Waals surface area contributed by atoms with E-state index in [1.807, 2.05) is 6.92 Å². The zero-order valence-corrected chi connectivity index (χ0v) is 6.36. The molecular weight excluding hydrogens is 215 g/mol. The fraction of sp³-hybridized carbons (Fsp3) is 1.00. The van der Waals surface area contributed by atoms with Gasteiger partial charge in [-0.15, -0.1) is 0 Å². The second-order valence-corrected chi connectivity index (χ2v) is 6.35. The molecule has 4 heteroatoms. The topological polar surface area (TPSA) is 40.5 Å². The summed E-state index contributed by atoms with van der Waals surface area (Å²) in [6.07, 6.45) is 0. The zero-order valence-electron chi connectivity index (χ0n) is 3.39. The van der Waals surface area contributed by atoms with Crippen LogP contribution in [0.5, 0.6) is 0 Å². The van der Waals surface area contributed by atoms with Crippen molar-refractivity contribution in [2.24, 2.45) is 0 Å². The summed E-state index contributed by atoms with van der Waals surface area (Å²) in [7, 11) is 1.25. The molecule has 2 nitrogen and oxygen atoms in total. The van der Waals surface area contributed by atoms with E-state index < -0.39 is 19.3 Å². The van der Waals surface area contributed by atoms with Gasteiger partial charge in [-0.05, 0) is 0 Å². The first-order valence-corrected chi connectivity index (χ1v) is 6.95. The maximum atomic E-state index is 8.23. The molecule has 0 heterocycles. The Morgan fingerprint density at radius 2 is 2.17 bits per heavy atom. The molecule has 0 amide bonds. The molecule has 0 bridgehead atoms. The van der Waals surface area contributed by atoms with E-state index in [1.54, 1.807) is 0 Å². The SMILES string of the molecule is CCSI(O)O. The van der Waals surface area contributed by atoms with Crippen molar-refractivity contribution >= 4 is 28.2 Å². The van der Waals surface area contributed by atoms with Crippen LogP contribution in [0.3, 0.4) is 0 Å². The van der Waals surface area contributed by atoms with Gasteiger partial charge in [0, 0.05) is 0 Å². The van der Waals surface area contributed by atoms with Crippen LogP contribution in [0.2, 0.25) is 0 Å². The van der Waals surface area contributed by atoms with Gasteiger partial charge in [-0.2, -0.15) is 0 Å². The van der Waals surface area contributed by atoms with Crippen molar-refractivity contribution in [3.05, 3.63) is 0 Å². The standard InChI is InChI=1S/C2H7IO2S/c1-2-6-3(4)5/h4-5H,2H2,1H3. The number of hydrogen-bond acceptors (Lipinski definition) is 3. The summed E-state index contributed by atoms with van der Waals surface area (Å²) in [5.74, 6) is 0.817. The Bertz CT molecular complexity index is 32.7. The number of rotatable bonds is 2. The molecule has 0 saturated carbocycles. The van der Waals surface area contributed by atoms with Crippen LogP contribution in [-0.2, 0) is 0 Å². The van der Waals surface area contributed by atoms with Gasteiger partial charge >= 0.3 is 47.7 Å². The van der Waals surface area contributed by atoms with Crippen LogP contribution in [0.1, 0.15) is 6.92 Å². The van der Waals surface area contributed by atoms with Gasteiger partial charge < -0.3 is 0 Å². The van der Waals surface area contributed by atoms with E-state index in [4.69, 9.17) is 6.87 Å². The summed E-state index contributed by atoms with van der Waals surface area (Å²) in [5.41, 5.74) is 0. The Balaban J connectivity index is 2.63. The van der Waals surface area contributed by atoms with Gasteiger partial charge in [0.1, 0.15) is 0 Å². The first-order chi connectivity index (χ1) is 2.77. The molecule has 0 aromatic heterocycles. The van der Waals surface area contributed by atoms with E-state index in [0.717, 1.165) is 5.75 Å². The van der Waals surface area contributed by atoms with Gasteiger partial charge in [-0.25, -0.2) is 0 Å². The van der Waals surface area contributed by atoms with Crippen LogP contribution >= 0.6 is 28.2 Å². The van der Waals surface area contributed by atoms with Gasteiger partial charge in [0.2, 0.25) is 0 Å². The zero-order chi connectivity index (χ0) is 4.99. The third-order valence-electron chi connectivity index (χ3n) is 0.207. The van der Waals surface area contributed by atoms with Crippen molar-refractivity contribution in [3.63, 3.8) is 0 Å². The molecule has 0 saturated heterocycles. The van der Waals surface area contributed by atoms with Crippen molar-refractivity contribution < 1.29 is 6.87 Å². The Labute approximate surface area is 47.9 Å². The molecule has 0 atom stereocenters. The Hall–Kier alpha value is 1.00. The van der Waals surface area contributed by atoms with E-state index >= 15 is 0 Å². The van der Waals surface area contributed by atoms with Crippen LogP contribution in [-0.4, -0.2) is 12.6 Å². The number of halogens is 1. The van der Waals surface area contributed by atoms with Gasteiger partial charge in [-0.3, -0.25) is 0 Å². The van der Waals surface area contributed by atoms with Crippen molar-refractivity contribution in [1.29, 1.82) is 0 Å². The first kappa shape index (κ1) is 7.00. The minimum atomic E-state index is -2.39. The molecule has 0 aromatic rings. The quantitative estimate of drug-likeness (QED) is 0.684. The molecule has 0 fully saturated rings. The van der Waals surface area contributed by atoms with Crippen molar-refractivity contribution in [1.82, 2.24) is 0 Å². The molecule has 0 radical (unpaired) electrons. The summed E-state index contributed by atoms with van der Waals surface area (Å²) < 4.78 is 16.5. The molecular formula is C2H7IO2S. The Morgan fingerprint density at radius 1 is 1.67 bits per heavy atom. The van der Waals surface area contributed by atoms with E-state index in [-0.39, 0.29) is 0 Å². The molecule has 2 N–H and O–H groups in total. The average molecular weight is 222 g/mol. The van der Waals surface area contributed by atoms with Gasteiger partial charge in [0.25, 0.3) is 0 Å². The van der Waals surface area contributed by atoms with E-state index in [9.17, 15) is 0 Å².